The molecule has 6 rings (SSSR count). The van der Waals surface area contributed by atoms with E-state index in [-0.39, 0.29) is 17.3 Å². The Balaban J connectivity index is 1.36. The first-order valence-corrected chi connectivity index (χ1v) is 13.5. The second-order valence-electron chi connectivity index (χ2n) is 9.53. The first-order chi connectivity index (χ1) is 17.3. The van der Waals surface area contributed by atoms with Crippen molar-refractivity contribution < 1.29 is 17.9 Å². The molecule has 4 aromatic rings. The van der Waals surface area contributed by atoms with Gasteiger partial charge in [0.25, 0.3) is 15.9 Å². The van der Waals surface area contributed by atoms with Crippen LogP contribution in [0.5, 0.6) is 5.75 Å². The number of rotatable bonds is 4. The highest BCUT2D eigenvalue weighted by molar-refractivity contribution is 7.92. The smallest absolute Gasteiger partial charge is 0.267 e. The molecule has 1 heterocycles. The molecular weight excluding hydrogens is 472 g/mol. The number of fused-ring (bicyclic) bond motifs is 1. The minimum absolute atomic E-state index is 0.126. The summed E-state index contributed by atoms with van der Waals surface area (Å²) in [4.78, 5) is 13.7. The predicted octanol–water partition coefficient (Wildman–Crippen LogP) is 5.15. The summed E-state index contributed by atoms with van der Waals surface area (Å²) in [7, 11) is -3.91. The maximum Gasteiger partial charge on any atom is 0.267 e. The van der Waals surface area contributed by atoms with Gasteiger partial charge in [-0.3, -0.25) is 9.10 Å². The Bertz CT molecular complexity index is 1620. The summed E-state index contributed by atoms with van der Waals surface area (Å²) in [5, 5.41) is 5.21. The lowest BCUT2D eigenvalue weighted by Gasteiger charge is -2.35. The average Bonchev–Trinajstić information content (AvgIpc) is 3.29. The number of aryl methyl sites for hydroxylation is 4. The average molecular weight is 499 g/mol. The van der Waals surface area contributed by atoms with Crippen molar-refractivity contribution in [3.63, 3.8) is 0 Å². The zero-order chi connectivity index (χ0) is 25.0. The first-order valence-electron chi connectivity index (χ1n) is 12.0. The van der Waals surface area contributed by atoms with Gasteiger partial charge in [0.1, 0.15) is 5.75 Å². The summed E-state index contributed by atoms with van der Waals surface area (Å²) in [5.74, 6) is -0.0116. The van der Waals surface area contributed by atoms with Crippen molar-refractivity contribution >= 4 is 38.1 Å². The van der Waals surface area contributed by atoms with Gasteiger partial charge in [-0.2, -0.15) is 0 Å². The van der Waals surface area contributed by atoms with Crippen LogP contribution in [-0.2, 0) is 27.7 Å². The maximum absolute atomic E-state index is 13.7. The van der Waals surface area contributed by atoms with Gasteiger partial charge in [0.05, 0.1) is 17.1 Å². The lowest BCUT2D eigenvalue weighted by Crippen LogP contribution is -2.48. The van der Waals surface area contributed by atoms with Crippen LogP contribution in [0.4, 0.5) is 11.4 Å². The third kappa shape index (κ3) is 3.71. The van der Waals surface area contributed by atoms with Gasteiger partial charge < -0.3 is 10.1 Å². The van der Waals surface area contributed by atoms with E-state index in [4.69, 9.17) is 4.74 Å². The van der Waals surface area contributed by atoms with Gasteiger partial charge in [-0.1, -0.05) is 48.0 Å². The molecule has 1 atom stereocenters. The van der Waals surface area contributed by atoms with Gasteiger partial charge in [-0.15, -0.1) is 0 Å². The van der Waals surface area contributed by atoms with E-state index in [9.17, 15) is 13.2 Å². The number of benzene rings is 4. The molecule has 0 fully saturated rings. The molecule has 0 spiro atoms. The minimum Gasteiger partial charge on any atom is -0.476 e. The van der Waals surface area contributed by atoms with E-state index in [2.05, 4.69) is 17.4 Å². The topological polar surface area (TPSA) is 75.7 Å². The number of amides is 1. The van der Waals surface area contributed by atoms with Crippen molar-refractivity contribution in [3.05, 3.63) is 95.1 Å². The third-order valence-corrected chi connectivity index (χ3v) is 8.81. The fraction of sp³-hybridized carbons (Fsp3) is 0.207. The highest BCUT2D eigenvalue weighted by Crippen LogP contribution is 2.39. The highest BCUT2D eigenvalue weighted by Gasteiger charge is 2.38. The van der Waals surface area contributed by atoms with Crippen molar-refractivity contribution in [1.29, 1.82) is 0 Å². The molecule has 0 radical (unpaired) electrons. The summed E-state index contributed by atoms with van der Waals surface area (Å²) in [6.45, 7) is 3.68. The molecule has 1 aliphatic carbocycles. The second kappa shape index (κ2) is 8.38. The minimum atomic E-state index is -3.91. The van der Waals surface area contributed by atoms with E-state index >= 15 is 0 Å². The summed E-state index contributed by atoms with van der Waals surface area (Å²) in [5.41, 5.74) is 5.58. The van der Waals surface area contributed by atoms with Gasteiger partial charge >= 0.3 is 0 Å². The van der Waals surface area contributed by atoms with Crippen LogP contribution < -0.4 is 14.4 Å². The zero-order valence-corrected chi connectivity index (χ0v) is 20.9. The Morgan fingerprint density at radius 3 is 2.42 bits per heavy atom. The summed E-state index contributed by atoms with van der Waals surface area (Å²) < 4.78 is 34.7. The van der Waals surface area contributed by atoms with Gasteiger partial charge in [0.2, 0.25) is 0 Å². The summed E-state index contributed by atoms with van der Waals surface area (Å²) in [6, 6.07) is 22.2. The van der Waals surface area contributed by atoms with Gasteiger partial charge in [-0.25, -0.2) is 8.42 Å². The molecule has 36 heavy (non-hydrogen) atoms. The molecule has 0 aromatic heterocycles. The Morgan fingerprint density at radius 1 is 0.917 bits per heavy atom. The third-order valence-electron chi connectivity index (χ3n) is 7.02. The van der Waals surface area contributed by atoms with Crippen LogP contribution in [0.1, 0.15) is 22.3 Å². The fourth-order valence-electron chi connectivity index (χ4n) is 5.13. The number of anilines is 2. The van der Waals surface area contributed by atoms with Gasteiger partial charge in [0, 0.05) is 11.1 Å². The van der Waals surface area contributed by atoms with Crippen molar-refractivity contribution in [2.24, 2.45) is 0 Å². The number of ether oxygens (including phenoxy) is 1. The van der Waals surface area contributed by atoms with Gasteiger partial charge in [-0.05, 0) is 79.1 Å². The Hall–Kier alpha value is -3.84. The maximum atomic E-state index is 13.7. The number of carbonyl (C=O) groups is 1. The van der Waals surface area contributed by atoms with Crippen LogP contribution >= 0.6 is 0 Å². The van der Waals surface area contributed by atoms with Crippen LogP contribution in [0, 0.1) is 13.8 Å². The number of nitrogens with zero attached hydrogens (tertiary/aromatic N) is 1. The standard InChI is InChI=1S/C29H26N2O4S/c1-18-6-12-22(13-7-18)36(33,34)31-17-27(35-26-16-19(2)8-15-25(26)31)29(32)30-24-14-11-21-10-9-20-4-3-5-23(24)28(20)21/h3-8,11-16,27H,9-10,17H2,1-2H3,(H,30,32). The van der Waals surface area contributed by atoms with E-state index in [1.807, 2.05) is 38.1 Å². The SMILES string of the molecule is Cc1ccc(S(=O)(=O)N2CC(C(=O)Nc3ccc4c5c(cccc35)CC4)Oc3cc(C)ccc32)cc1. The quantitative estimate of drug-likeness (QED) is 0.422. The van der Waals surface area contributed by atoms with Crippen LogP contribution in [0.25, 0.3) is 10.8 Å². The monoisotopic (exact) mass is 498 g/mol. The largest absolute Gasteiger partial charge is 0.476 e. The van der Waals surface area contributed by atoms with Crippen LogP contribution in [0.15, 0.2) is 77.7 Å². The zero-order valence-electron chi connectivity index (χ0n) is 20.1. The van der Waals surface area contributed by atoms with Crippen LogP contribution in [0.3, 0.4) is 0 Å². The molecule has 2 aliphatic rings. The number of hydrogen-bond donors (Lipinski definition) is 1. The van der Waals surface area contributed by atoms with E-state index in [0.29, 0.717) is 17.1 Å². The Kier molecular flexibility index (Phi) is 5.26. The van der Waals surface area contributed by atoms with E-state index in [0.717, 1.165) is 29.4 Å². The van der Waals surface area contributed by atoms with Crippen LogP contribution in [0.2, 0.25) is 0 Å². The molecule has 0 saturated heterocycles. The molecule has 1 unspecified atom stereocenters. The van der Waals surface area contributed by atoms with Crippen molar-refractivity contribution in [2.45, 2.75) is 37.7 Å². The van der Waals surface area contributed by atoms with E-state index in [1.165, 1.54) is 20.8 Å². The molecule has 182 valence electrons. The molecule has 7 heteroatoms. The first kappa shape index (κ1) is 22.6. The number of carbonyl (C=O) groups excluding carboxylic acids is 1. The van der Waals surface area contributed by atoms with Crippen LogP contribution in [-0.4, -0.2) is 27.0 Å². The molecular formula is C29H26N2O4S. The molecule has 0 bridgehead atoms. The number of sulfonamides is 1. The summed E-state index contributed by atoms with van der Waals surface area (Å²) >= 11 is 0. The predicted molar refractivity (Wildman–Crippen MR) is 141 cm³/mol. The van der Waals surface area contributed by atoms with E-state index < -0.39 is 16.1 Å². The fourth-order valence-corrected chi connectivity index (χ4v) is 6.61. The second-order valence-corrected chi connectivity index (χ2v) is 11.4. The molecule has 1 aliphatic heterocycles. The lowest BCUT2D eigenvalue weighted by molar-refractivity contribution is -0.122. The van der Waals surface area contributed by atoms with Gasteiger partial charge in [0.15, 0.2) is 6.10 Å². The molecule has 4 aromatic carbocycles. The van der Waals surface area contributed by atoms with E-state index in [1.54, 1.807) is 36.4 Å². The lowest BCUT2D eigenvalue weighted by atomic mass is 10.0. The normalized spacial score (nSPS) is 16.5. The molecule has 6 nitrogen and oxygen atoms in total. The van der Waals surface area contributed by atoms with Crippen molar-refractivity contribution in [1.82, 2.24) is 0 Å². The number of hydrogen-bond acceptors (Lipinski definition) is 4. The Morgan fingerprint density at radius 2 is 1.64 bits per heavy atom. The highest BCUT2D eigenvalue weighted by atomic mass is 32.2. The van der Waals surface area contributed by atoms with Crippen molar-refractivity contribution in [2.75, 3.05) is 16.2 Å². The molecule has 1 amide bonds. The van der Waals surface area contributed by atoms with Crippen molar-refractivity contribution in [3.8, 4) is 5.75 Å². The number of nitrogens with one attached hydrogen (secondary N) is 1. The summed E-state index contributed by atoms with van der Waals surface area (Å²) in [6.07, 6.45) is 0.984. The molecule has 1 N–H and O–H groups in total. The molecule has 0 saturated carbocycles. The Labute approximate surface area is 210 Å².